The molecule has 0 saturated carbocycles. The highest BCUT2D eigenvalue weighted by Gasteiger charge is 2.16. The molecule has 2 aromatic heterocycles. The molecule has 0 bridgehead atoms. The minimum absolute atomic E-state index is 0.0442. The van der Waals surface area contributed by atoms with Gasteiger partial charge in [0.2, 0.25) is 11.7 Å². The first-order valence-corrected chi connectivity index (χ1v) is 8.94. The Kier molecular flexibility index (Phi) is 5.40. The third-order valence-electron chi connectivity index (χ3n) is 3.90. The van der Waals surface area contributed by atoms with Crippen molar-refractivity contribution in [2.24, 2.45) is 0 Å². The molecule has 0 atom stereocenters. The zero-order valence-electron chi connectivity index (χ0n) is 15.1. The molecule has 2 aromatic carbocycles. The summed E-state index contributed by atoms with van der Waals surface area (Å²) in [6.45, 7) is -0.765. The van der Waals surface area contributed by atoms with Gasteiger partial charge in [0.05, 0.1) is 0 Å². The molecule has 2 heterocycles. The van der Waals surface area contributed by atoms with E-state index in [0.29, 0.717) is 22.0 Å². The van der Waals surface area contributed by atoms with Gasteiger partial charge in [-0.25, -0.2) is 9.18 Å². The molecule has 0 N–H and O–H groups in total. The largest absolute Gasteiger partial charge is 0.454 e. The number of hydrogen-bond acceptors (Lipinski definition) is 8. The molecular formula is C19H12ClFN4O5. The Hall–Kier alpha value is -3.79. The van der Waals surface area contributed by atoms with Crippen LogP contribution in [0.1, 0.15) is 5.89 Å². The SMILES string of the molecule is O=C(Cn1nc(-c2ccc(F)cc2)oc1=O)OCc1nc(-c2ccc(Cl)cc2)no1. The molecule has 0 saturated heterocycles. The molecule has 0 aliphatic carbocycles. The van der Waals surface area contributed by atoms with Gasteiger partial charge in [-0.05, 0) is 48.5 Å². The normalized spacial score (nSPS) is 10.9. The molecule has 152 valence electrons. The van der Waals surface area contributed by atoms with Crippen molar-refractivity contribution in [2.75, 3.05) is 0 Å². The number of carbonyl (C=O) groups excluding carboxylic acids is 1. The van der Waals surface area contributed by atoms with Gasteiger partial charge in [0.25, 0.3) is 5.89 Å². The summed E-state index contributed by atoms with van der Waals surface area (Å²) in [6, 6.07) is 12.0. The number of rotatable bonds is 6. The second-order valence-electron chi connectivity index (χ2n) is 6.02. The lowest BCUT2D eigenvalue weighted by Crippen LogP contribution is -2.23. The van der Waals surface area contributed by atoms with E-state index in [2.05, 4.69) is 15.2 Å². The molecule has 4 aromatic rings. The average molecular weight is 431 g/mol. The van der Waals surface area contributed by atoms with E-state index in [4.69, 9.17) is 25.3 Å². The number of carbonyl (C=O) groups is 1. The summed E-state index contributed by atoms with van der Waals surface area (Å²) in [7, 11) is 0. The van der Waals surface area contributed by atoms with Crippen LogP contribution in [0.3, 0.4) is 0 Å². The minimum atomic E-state index is -0.853. The first kappa shape index (κ1) is 19.5. The topological polar surface area (TPSA) is 113 Å². The number of aromatic nitrogens is 4. The number of nitrogens with zero attached hydrogens (tertiary/aromatic N) is 4. The highest BCUT2D eigenvalue weighted by Crippen LogP contribution is 2.19. The summed E-state index contributed by atoms with van der Waals surface area (Å²) in [6.07, 6.45) is 0. The molecule has 0 unspecified atom stereocenters. The van der Waals surface area contributed by atoms with E-state index < -0.39 is 24.1 Å². The highest BCUT2D eigenvalue weighted by molar-refractivity contribution is 6.30. The number of benzene rings is 2. The van der Waals surface area contributed by atoms with Gasteiger partial charge in [-0.15, -0.1) is 5.10 Å². The smallest absolute Gasteiger partial charge is 0.437 e. The van der Waals surface area contributed by atoms with Crippen LogP contribution >= 0.6 is 11.6 Å². The van der Waals surface area contributed by atoms with Crippen LogP contribution in [0.4, 0.5) is 4.39 Å². The Morgan fingerprint density at radius 1 is 1.10 bits per heavy atom. The fraction of sp³-hybridized carbons (Fsp3) is 0.105. The van der Waals surface area contributed by atoms with E-state index in [-0.39, 0.29) is 18.4 Å². The molecule has 0 radical (unpaired) electrons. The fourth-order valence-electron chi connectivity index (χ4n) is 2.46. The van der Waals surface area contributed by atoms with Gasteiger partial charge >= 0.3 is 11.7 Å². The van der Waals surface area contributed by atoms with Gasteiger partial charge in [-0.1, -0.05) is 16.8 Å². The molecule has 4 rings (SSSR count). The monoisotopic (exact) mass is 430 g/mol. The number of halogens is 2. The molecule has 0 fully saturated rings. The Balaban J connectivity index is 1.37. The summed E-state index contributed by atoms with van der Waals surface area (Å²) >= 11 is 5.84. The molecular weight excluding hydrogens is 419 g/mol. The van der Waals surface area contributed by atoms with Crippen molar-refractivity contribution < 1.29 is 22.9 Å². The molecule has 0 aliphatic rings. The standard InChI is InChI=1S/C19H12ClFN4O5/c20-13-5-1-11(2-6-13)17-22-15(30-24-17)10-28-16(26)9-25-19(27)29-18(23-25)12-3-7-14(21)8-4-12/h1-8H,9-10H2. The second kappa shape index (κ2) is 8.29. The van der Waals surface area contributed by atoms with Crippen molar-refractivity contribution >= 4 is 17.6 Å². The van der Waals surface area contributed by atoms with Crippen LogP contribution in [0.25, 0.3) is 22.8 Å². The van der Waals surface area contributed by atoms with Gasteiger partial charge < -0.3 is 13.7 Å². The summed E-state index contributed by atoms with van der Waals surface area (Å²) in [4.78, 5) is 28.0. The van der Waals surface area contributed by atoms with Crippen molar-refractivity contribution in [3.63, 3.8) is 0 Å². The molecule has 0 aliphatic heterocycles. The zero-order chi connectivity index (χ0) is 21.1. The van der Waals surface area contributed by atoms with Gasteiger partial charge in [-0.2, -0.15) is 9.67 Å². The molecule has 0 amide bonds. The lowest BCUT2D eigenvalue weighted by Gasteiger charge is -2.00. The van der Waals surface area contributed by atoms with Crippen LogP contribution < -0.4 is 5.76 Å². The number of hydrogen-bond donors (Lipinski definition) is 0. The van der Waals surface area contributed by atoms with E-state index in [1.54, 1.807) is 24.3 Å². The van der Waals surface area contributed by atoms with Crippen molar-refractivity contribution in [2.45, 2.75) is 13.2 Å². The summed E-state index contributed by atoms with van der Waals surface area (Å²) < 4.78 is 28.9. The first-order valence-electron chi connectivity index (χ1n) is 8.56. The molecule has 9 nitrogen and oxygen atoms in total. The summed E-state index contributed by atoms with van der Waals surface area (Å²) in [5.74, 6) is -1.71. The fourth-order valence-corrected chi connectivity index (χ4v) is 2.58. The van der Waals surface area contributed by atoms with Gasteiger partial charge in [0, 0.05) is 16.1 Å². The third-order valence-corrected chi connectivity index (χ3v) is 4.16. The van der Waals surface area contributed by atoms with Crippen molar-refractivity contribution in [1.29, 1.82) is 0 Å². The number of esters is 1. The van der Waals surface area contributed by atoms with Gasteiger partial charge in [0.15, 0.2) is 6.61 Å². The first-order chi connectivity index (χ1) is 14.5. The predicted octanol–water partition coefficient (Wildman–Crippen LogP) is 3.09. The average Bonchev–Trinajstić information content (AvgIpc) is 3.35. The van der Waals surface area contributed by atoms with Crippen LogP contribution in [-0.4, -0.2) is 25.9 Å². The van der Waals surface area contributed by atoms with Crippen molar-refractivity contribution in [1.82, 2.24) is 19.9 Å². The second-order valence-corrected chi connectivity index (χ2v) is 6.45. The Labute approximate surface area is 172 Å². The maximum Gasteiger partial charge on any atom is 0.437 e. The predicted molar refractivity (Wildman–Crippen MR) is 101 cm³/mol. The lowest BCUT2D eigenvalue weighted by molar-refractivity contribution is -0.146. The summed E-state index contributed by atoms with van der Waals surface area (Å²) in [5.41, 5.74) is 1.07. The zero-order valence-corrected chi connectivity index (χ0v) is 15.9. The van der Waals surface area contributed by atoms with E-state index in [0.717, 1.165) is 4.68 Å². The maximum atomic E-state index is 13.0. The highest BCUT2D eigenvalue weighted by atomic mass is 35.5. The Morgan fingerprint density at radius 2 is 1.80 bits per heavy atom. The van der Waals surface area contributed by atoms with E-state index in [1.807, 2.05) is 0 Å². The molecule has 11 heteroatoms. The Bertz CT molecular complexity index is 1230. The van der Waals surface area contributed by atoms with Crippen LogP contribution in [0.2, 0.25) is 5.02 Å². The Morgan fingerprint density at radius 3 is 2.53 bits per heavy atom. The minimum Gasteiger partial charge on any atom is -0.454 e. The van der Waals surface area contributed by atoms with Crippen molar-refractivity contribution in [3.8, 4) is 22.8 Å². The third kappa shape index (κ3) is 4.44. The maximum absolute atomic E-state index is 13.0. The van der Waals surface area contributed by atoms with E-state index in [9.17, 15) is 14.0 Å². The van der Waals surface area contributed by atoms with Crippen LogP contribution in [0.15, 0.2) is 62.3 Å². The molecule has 30 heavy (non-hydrogen) atoms. The number of ether oxygens (including phenoxy) is 1. The van der Waals surface area contributed by atoms with E-state index in [1.165, 1.54) is 24.3 Å². The van der Waals surface area contributed by atoms with Crippen LogP contribution in [-0.2, 0) is 22.7 Å². The molecule has 0 spiro atoms. The summed E-state index contributed by atoms with van der Waals surface area (Å²) in [5, 5.41) is 8.28. The van der Waals surface area contributed by atoms with Crippen LogP contribution in [0, 0.1) is 5.82 Å². The van der Waals surface area contributed by atoms with Gasteiger partial charge in [0.1, 0.15) is 12.4 Å². The van der Waals surface area contributed by atoms with Gasteiger partial charge in [-0.3, -0.25) is 4.79 Å². The lowest BCUT2D eigenvalue weighted by atomic mass is 10.2. The van der Waals surface area contributed by atoms with E-state index >= 15 is 0 Å². The van der Waals surface area contributed by atoms with Crippen LogP contribution in [0.5, 0.6) is 0 Å². The van der Waals surface area contributed by atoms with Crippen molar-refractivity contribution in [3.05, 3.63) is 75.8 Å². The quantitative estimate of drug-likeness (QED) is 0.429.